The molecule has 1 amide bonds. The number of hydrogen-bond acceptors (Lipinski definition) is 3. The Hall–Kier alpha value is -0.910. The van der Waals surface area contributed by atoms with Gasteiger partial charge in [0.1, 0.15) is 0 Å². The van der Waals surface area contributed by atoms with Gasteiger partial charge in [0.15, 0.2) is 5.96 Å². The molecule has 0 fully saturated rings. The minimum absolute atomic E-state index is 0.0360. The van der Waals surface area contributed by atoms with E-state index in [2.05, 4.69) is 27.2 Å². The van der Waals surface area contributed by atoms with Gasteiger partial charge in [0.25, 0.3) is 0 Å². The SMILES string of the molecule is CN=C(NCCCCSC)NCCNC(=O)C(C)C. The van der Waals surface area contributed by atoms with Crippen LogP contribution in [0.25, 0.3) is 0 Å². The Balaban J connectivity index is 3.58. The van der Waals surface area contributed by atoms with Crippen molar-refractivity contribution in [3.8, 4) is 0 Å². The van der Waals surface area contributed by atoms with E-state index in [4.69, 9.17) is 0 Å². The van der Waals surface area contributed by atoms with Crippen LogP contribution in [0.1, 0.15) is 26.7 Å². The molecule has 0 rings (SSSR count). The second-order valence-corrected chi connectivity index (χ2v) is 5.56. The van der Waals surface area contributed by atoms with Crippen LogP contribution in [0.15, 0.2) is 4.99 Å². The Morgan fingerprint density at radius 1 is 1.11 bits per heavy atom. The predicted octanol–water partition coefficient (Wildman–Crippen LogP) is 1.07. The minimum Gasteiger partial charge on any atom is -0.356 e. The normalized spacial score (nSPS) is 11.5. The van der Waals surface area contributed by atoms with Crippen LogP contribution in [-0.4, -0.2) is 50.6 Å². The molecule has 0 heterocycles. The second kappa shape index (κ2) is 12.1. The molecular formula is C13H28N4OS. The lowest BCUT2D eigenvalue weighted by Gasteiger charge is -2.12. The highest BCUT2D eigenvalue weighted by Gasteiger charge is 2.04. The van der Waals surface area contributed by atoms with E-state index >= 15 is 0 Å². The van der Waals surface area contributed by atoms with Gasteiger partial charge in [-0.2, -0.15) is 11.8 Å². The van der Waals surface area contributed by atoms with Crippen molar-refractivity contribution in [1.82, 2.24) is 16.0 Å². The second-order valence-electron chi connectivity index (χ2n) is 4.57. The predicted molar refractivity (Wildman–Crippen MR) is 84.8 cm³/mol. The third-order valence-electron chi connectivity index (χ3n) is 2.53. The third-order valence-corrected chi connectivity index (χ3v) is 3.23. The number of amides is 1. The van der Waals surface area contributed by atoms with Crippen molar-refractivity contribution in [2.75, 3.05) is 38.7 Å². The van der Waals surface area contributed by atoms with E-state index in [0.29, 0.717) is 13.1 Å². The zero-order valence-electron chi connectivity index (χ0n) is 12.6. The molecule has 0 radical (unpaired) electrons. The zero-order valence-corrected chi connectivity index (χ0v) is 13.4. The summed E-state index contributed by atoms with van der Waals surface area (Å²) in [5.41, 5.74) is 0. The summed E-state index contributed by atoms with van der Waals surface area (Å²) < 4.78 is 0. The van der Waals surface area contributed by atoms with Crippen LogP contribution in [-0.2, 0) is 4.79 Å². The molecular weight excluding hydrogens is 260 g/mol. The Morgan fingerprint density at radius 2 is 1.74 bits per heavy atom. The van der Waals surface area contributed by atoms with E-state index in [1.165, 1.54) is 12.2 Å². The summed E-state index contributed by atoms with van der Waals surface area (Å²) in [6.45, 7) is 6.00. The van der Waals surface area contributed by atoms with Gasteiger partial charge in [0, 0.05) is 32.6 Å². The van der Waals surface area contributed by atoms with Gasteiger partial charge >= 0.3 is 0 Å². The largest absolute Gasteiger partial charge is 0.356 e. The van der Waals surface area contributed by atoms with Gasteiger partial charge < -0.3 is 16.0 Å². The number of carbonyl (C=O) groups is 1. The maximum Gasteiger partial charge on any atom is 0.222 e. The molecule has 6 heteroatoms. The van der Waals surface area contributed by atoms with Crippen molar-refractivity contribution in [1.29, 1.82) is 0 Å². The van der Waals surface area contributed by atoms with Gasteiger partial charge in [-0.15, -0.1) is 0 Å². The zero-order chi connectivity index (χ0) is 14.5. The molecule has 0 unspecified atom stereocenters. The fraction of sp³-hybridized carbons (Fsp3) is 0.846. The van der Waals surface area contributed by atoms with Crippen LogP contribution >= 0.6 is 11.8 Å². The van der Waals surface area contributed by atoms with Crippen LogP contribution < -0.4 is 16.0 Å². The molecule has 3 N–H and O–H groups in total. The van der Waals surface area contributed by atoms with Crippen LogP contribution in [0.4, 0.5) is 0 Å². The molecule has 19 heavy (non-hydrogen) atoms. The topological polar surface area (TPSA) is 65.5 Å². The standard InChI is InChI=1S/C13H28N4OS/c1-11(2)12(18)15-8-9-17-13(14-3)16-7-5-6-10-19-4/h11H,5-10H2,1-4H3,(H,15,18)(H2,14,16,17). The summed E-state index contributed by atoms with van der Waals surface area (Å²) in [5.74, 6) is 2.12. The van der Waals surface area contributed by atoms with Gasteiger partial charge in [-0.25, -0.2) is 0 Å². The number of unbranched alkanes of at least 4 members (excludes halogenated alkanes) is 1. The number of nitrogens with zero attached hydrogens (tertiary/aromatic N) is 1. The fourth-order valence-electron chi connectivity index (χ4n) is 1.37. The summed E-state index contributed by atoms with van der Waals surface area (Å²) in [5, 5.41) is 9.29. The smallest absolute Gasteiger partial charge is 0.222 e. The summed E-state index contributed by atoms with van der Waals surface area (Å²) in [4.78, 5) is 15.5. The first-order valence-corrected chi connectivity index (χ1v) is 8.22. The van der Waals surface area contributed by atoms with Crippen LogP contribution in [0, 0.1) is 5.92 Å². The van der Waals surface area contributed by atoms with Gasteiger partial charge in [-0.05, 0) is 24.9 Å². The van der Waals surface area contributed by atoms with Gasteiger partial charge in [-0.3, -0.25) is 9.79 Å². The molecule has 0 aliphatic rings. The molecule has 0 saturated carbocycles. The third kappa shape index (κ3) is 10.7. The molecule has 0 aliphatic carbocycles. The number of hydrogen-bond donors (Lipinski definition) is 3. The number of thioether (sulfide) groups is 1. The Bertz CT molecular complexity index is 269. The number of guanidine groups is 1. The van der Waals surface area contributed by atoms with Gasteiger partial charge in [-0.1, -0.05) is 13.8 Å². The molecule has 0 spiro atoms. The Morgan fingerprint density at radius 3 is 2.32 bits per heavy atom. The number of nitrogens with one attached hydrogen (secondary N) is 3. The summed E-state index contributed by atoms with van der Waals surface area (Å²) in [6, 6.07) is 0. The first-order chi connectivity index (χ1) is 9.11. The van der Waals surface area contributed by atoms with E-state index in [1.54, 1.807) is 7.05 Å². The highest BCUT2D eigenvalue weighted by atomic mass is 32.2. The molecule has 112 valence electrons. The molecule has 0 aliphatic heterocycles. The lowest BCUT2D eigenvalue weighted by atomic mass is 10.2. The lowest BCUT2D eigenvalue weighted by molar-refractivity contribution is -0.123. The molecule has 0 aromatic rings. The number of carbonyl (C=O) groups excluding carboxylic acids is 1. The van der Waals surface area contributed by atoms with Gasteiger partial charge in [0.05, 0.1) is 0 Å². The van der Waals surface area contributed by atoms with Crippen molar-refractivity contribution in [2.24, 2.45) is 10.9 Å². The first-order valence-electron chi connectivity index (χ1n) is 6.83. The van der Waals surface area contributed by atoms with Crippen LogP contribution in [0.3, 0.4) is 0 Å². The number of aliphatic imine (C=N–C) groups is 1. The highest BCUT2D eigenvalue weighted by molar-refractivity contribution is 7.98. The average Bonchev–Trinajstić information content (AvgIpc) is 2.40. The highest BCUT2D eigenvalue weighted by Crippen LogP contribution is 1.97. The Kier molecular flexibility index (Phi) is 11.6. The van der Waals surface area contributed by atoms with E-state index in [-0.39, 0.29) is 11.8 Å². The minimum atomic E-state index is 0.0360. The van der Waals surface area contributed by atoms with E-state index in [0.717, 1.165) is 18.9 Å². The van der Waals surface area contributed by atoms with Crippen molar-refractivity contribution < 1.29 is 4.79 Å². The molecule has 0 bridgehead atoms. The monoisotopic (exact) mass is 288 g/mol. The van der Waals surface area contributed by atoms with E-state index < -0.39 is 0 Å². The molecule has 0 atom stereocenters. The van der Waals surface area contributed by atoms with Gasteiger partial charge in [0.2, 0.25) is 5.91 Å². The van der Waals surface area contributed by atoms with Crippen molar-refractivity contribution in [3.63, 3.8) is 0 Å². The van der Waals surface area contributed by atoms with Crippen LogP contribution in [0.2, 0.25) is 0 Å². The van der Waals surface area contributed by atoms with E-state index in [1.807, 2.05) is 25.6 Å². The maximum atomic E-state index is 11.3. The maximum absolute atomic E-state index is 11.3. The summed E-state index contributed by atoms with van der Waals surface area (Å²) in [6.07, 6.45) is 4.49. The van der Waals surface area contributed by atoms with Crippen LogP contribution in [0.5, 0.6) is 0 Å². The summed E-state index contributed by atoms with van der Waals surface area (Å²) >= 11 is 1.87. The molecule has 5 nitrogen and oxygen atoms in total. The van der Waals surface area contributed by atoms with Crippen molar-refractivity contribution in [2.45, 2.75) is 26.7 Å². The fourth-order valence-corrected chi connectivity index (χ4v) is 1.86. The van der Waals surface area contributed by atoms with Crippen molar-refractivity contribution >= 4 is 23.6 Å². The molecule has 0 aromatic heterocycles. The number of rotatable bonds is 9. The Labute approximate surface area is 121 Å². The van der Waals surface area contributed by atoms with Crippen molar-refractivity contribution in [3.05, 3.63) is 0 Å². The van der Waals surface area contributed by atoms with E-state index in [9.17, 15) is 4.79 Å². The first kappa shape index (κ1) is 18.1. The lowest BCUT2D eigenvalue weighted by Crippen LogP contribution is -2.42. The average molecular weight is 288 g/mol. The molecule has 0 saturated heterocycles. The summed E-state index contributed by atoms with van der Waals surface area (Å²) in [7, 11) is 1.75. The quantitative estimate of drug-likeness (QED) is 0.337. The molecule has 0 aromatic carbocycles.